The number of halogens is 1. The standard InChI is InChI=1S/C15H10ClNO3S/c16-9-5-6-10(12(18)7-9)15(19)20-8-14-17-11-3-1-2-4-13(11)21-14/h1-7,18H,8H2. The van der Waals surface area contributed by atoms with Gasteiger partial charge in [-0.05, 0) is 30.3 Å². The van der Waals surface area contributed by atoms with Gasteiger partial charge in [-0.25, -0.2) is 9.78 Å². The van der Waals surface area contributed by atoms with Gasteiger partial charge in [0, 0.05) is 5.02 Å². The molecule has 1 heterocycles. The molecule has 1 N–H and O–H groups in total. The normalized spacial score (nSPS) is 10.7. The summed E-state index contributed by atoms with van der Waals surface area (Å²) in [4.78, 5) is 16.3. The number of esters is 1. The third-order valence-corrected chi connectivity index (χ3v) is 4.09. The van der Waals surface area contributed by atoms with Crippen LogP contribution < -0.4 is 0 Å². The van der Waals surface area contributed by atoms with E-state index in [2.05, 4.69) is 4.98 Å². The molecule has 0 fully saturated rings. The monoisotopic (exact) mass is 319 g/mol. The van der Waals surface area contributed by atoms with Gasteiger partial charge in [0.1, 0.15) is 22.9 Å². The van der Waals surface area contributed by atoms with Gasteiger partial charge in [0.2, 0.25) is 0 Å². The molecule has 0 aliphatic rings. The number of carbonyl (C=O) groups is 1. The molecule has 0 aliphatic carbocycles. The number of phenolic OH excluding ortho intramolecular Hbond substituents is 1. The van der Waals surface area contributed by atoms with Gasteiger partial charge in [-0.3, -0.25) is 0 Å². The molecule has 106 valence electrons. The van der Waals surface area contributed by atoms with Crippen LogP contribution in [-0.2, 0) is 11.3 Å². The van der Waals surface area contributed by atoms with E-state index in [-0.39, 0.29) is 17.9 Å². The van der Waals surface area contributed by atoms with Crippen molar-refractivity contribution in [3.05, 3.63) is 58.1 Å². The molecule has 0 aliphatic heterocycles. The quantitative estimate of drug-likeness (QED) is 0.741. The van der Waals surface area contributed by atoms with Gasteiger partial charge in [-0.1, -0.05) is 23.7 Å². The molecule has 4 nitrogen and oxygen atoms in total. The van der Waals surface area contributed by atoms with E-state index in [1.54, 1.807) is 0 Å². The maximum atomic E-state index is 11.9. The molecule has 2 aromatic carbocycles. The Kier molecular flexibility index (Phi) is 3.77. The van der Waals surface area contributed by atoms with Crippen molar-refractivity contribution in [2.45, 2.75) is 6.61 Å². The highest BCUT2D eigenvalue weighted by atomic mass is 35.5. The van der Waals surface area contributed by atoms with Crippen molar-refractivity contribution in [2.24, 2.45) is 0 Å². The number of para-hydroxylation sites is 1. The average molecular weight is 320 g/mol. The number of aromatic hydroxyl groups is 1. The first-order valence-electron chi connectivity index (χ1n) is 6.13. The van der Waals surface area contributed by atoms with Crippen LogP contribution in [0.3, 0.4) is 0 Å². The molecular weight excluding hydrogens is 310 g/mol. The van der Waals surface area contributed by atoms with E-state index in [9.17, 15) is 9.90 Å². The molecule has 6 heteroatoms. The predicted molar refractivity (Wildman–Crippen MR) is 81.9 cm³/mol. The zero-order valence-corrected chi connectivity index (χ0v) is 12.3. The van der Waals surface area contributed by atoms with Crippen molar-refractivity contribution in [2.75, 3.05) is 0 Å². The Morgan fingerprint density at radius 1 is 1.29 bits per heavy atom. The molecule has 0 saturated carbocycles. The molecule has 0 bridgehead atoms. The van der Waals surface area contributed by atoms with Gasteiger partial charge in [0.05, 0.1) is 10.2 Å². The molecule has 1 aromatic heterocycles. The highest BCUT2D eigenvalue weighted by Gasteiger charge is 2.14. The molecule has 0 amide bonds. The fourth-order valence-corrected chi connectivity index (χ4v) is 2.91. The van der Waals surface area contributed by atoms with Crippen LogP contribution in [0.15, 0.2) is 42.5 Å². The minimum atomic E-state index is -0.608. The van der Waals surface area contributed by atoms with E-state index < -0.39 is 5.97 Å². The van der Waals surface area contributed by atoms with Crippen LogP contribution in [0.5, 0.6) is 5.75 Å². The van der Waals surface area contributed by atoms with Crippen molar-refractivity contribution >= 4 is 39.1 Å². The Morgan fingerprint density at radius 2 is 2.10 bits per heavy atom. The zero-order valence-electron chi connectivity index (χ0n) is 10.7. The molecule has 0 spiro atoms. The number of rotatable bonds is 3. The number of nitrogens with zero attached hydrogens (tertiary/aromatic N) is 1. The molecule has 0 saturated heterocycles. The summed E-state index contributed by atoms with van der Waals surface area (Å²) in [6.07, 6.45) is 0. The number of hydrogen-bond donors (Lipinski definition) is 1. The number of fused-ring (bicyclic) bond motifs is 1. The van der Waals surface area contributed by atoms with Gasteiger partial charge in [-0.15, -0.1) is 11.3 Å². The largest absolute Gasteiger partial charge is 0.507 e. The summed E-state index contributed by atoms with van der Waals surface area (Å²) < 4.78 is 6.21. The van der Waals surface area contributed by atoms with Crippen molar-refractivity contribution in [3.63, 3.8) is 0 Å². The Hall–Kier alpha value is -2.11. The number of benzene rings is 2. The van der Waals surface area contributed by atoms with Crippen LogP contribution in [0.4, 0.5) is 0 Å². The Bertz CT molecular complexity index is 783. The van der Waals surface area contributed by atoms with Crippen LogP contribution in [0, 0.1) is 0 Å². The lowest BCUT2D eigenvalue weighted by atomic mass is 10.2. The number of aromatic nitrogens is 1. The van der Waals surface area contributed by atoms with E-state index >= 15 is 0 Å². The van der Waals surface area contributed by atoms with E-state index in [0.717, 1.165) is 10.2 Å². The molecule has 0 radical (unpaired) electrons. The summed E-state index contributed by atoms with van der Waals surface area (Å²) in [5.41, 5.74) is 0.961. The van der Waals surface area contributed by atoms with Gasteiger partial charge < -0.3 is 9.84 Å². The predicted octanol–water partition coefficient (Wildman–Crippen LogP) is 4.01. The lowest BCUT2D eigenvalue weighted by molar-refractivity contribution is 0.0469. The molecule has 0 unspecified atom stereocenters. The summed E-state index contributed by atoms with van der Waals surface area (Å²) in [6, 6.07) is 12.0. The van der Waals surface area contributed by atoms with Crippen molar-refractivity contribution in [1.29, 1.82) is 0 Å². The van der Waals surface area contributed by atoms with Crippen LogP contribution in [0.1, 0.15) is 15.4 Å². The summed E-state index contributed by atoms with van der Waals surface area (Å²) in [6.45, 7) is 0.0697. The van der Waals surface area contributed by atoms with Crippen LogP contribution in [-0.4, -0.2) is 16.1 Å². The molecule has 3 rings (SSSR count). The van der Waals surface area contributed by atoms with E-state index in [0.29, 0.717) is 10.0 Å². The smallest absolute Gasteiger partial charge is 0.342 e. The minimum Gasteiger partial charge on any atom is -0.507 e. The van der Waals surface area contributed by atoms with Crippen molar-refractivity contribution in [1.82, 2.24) is 4.98 Å². The van der Waals surface area contributed by atoms with Gasteiger partial charge in [0.25, 0.3) is 0 Å². The topological polar surface area (TPSA) is 59.4 Å². The lowest BCUT2D eigenvalue weighted by Gasteiger charge is -2.04. The fraction of sp³-hybridized carbons (Fsp3) is 0.0667. The number of ether oxygens (including phenoxy) is 1. The third-order valence-electron chi connectivity index (χ3n) is 2.84. The van der Waals surface area contributed by atoms with Gasteiger partial charge >= 0.3 is 5.97 Å². The SMILES string of the molecule is O=C(OCc1nc2ccccc2s1)c1ccc(Cl)cc1O. The molecular formula is C15H10ClNO3S. The van der Waals surface area contributed by atoms with Crippen molar-refractivity contribution < 1.29 is 14.6 Å². The van der Waals surface area contributed by atoms with Crippen LogP contribution in [0.2, 0.25) is 5.02 Å². The summed E-state index contributed by atoms with van der Waals surface area (Å²) >= 11 is 7.19. The summed E-state index contributed by atoms with van der Waals surface area (Å²) in [7, 11) is 0. The van der Waals surface area contributed by atoms with E-state index in [1.807, 2.05) is 24.3 Å². The summed E-state index contributed by atoms with van der Waals surface area (Å²) in [5, 5.41) is 10.7. The Morgan fingerprint density at radius 3 is 2.86 bits per heavy atom. The maximum Gasteiger partial charge on any atom is 0.342 e. The Balaban J connectivity index is 1.73. The number of hydrogen-bond acceptors (Lipinski definition) is 5. The van der Waals surface area contributed by atoms with E-state index in [1.165, 1.54) is 29.5 Å². The van der Waals surface area contributed by atoms with E-state index in [4.69, 9.17) is 16.3 Å². The van der Waals surface area contributed by atoms with Crippen molar-refractivity contribution in [3.8, 4) is 5.75 Å². The summed E-state index contributed by atoms with van der Waals surface area (Å²) in [5.74, 6) is -0.805. The van der Waals surface area contributed by atoms with Crippen LogP contribution >= 0.6 is 22.9 Å². The molecule has 0 atom stereocenters. The molecule has 21 heavy (non-hydrogen) atoms. The minimum absolute atomic E-state index is 0.0697. The Labute approximate surface area is 129 Å². The first-order chi connectivity index (χ1) is 10.1. The number of carbonyl (C=O) groups excluding carboxylic acids is 1. The first-order valence-corrected chi connectivity index (χ1v) is 7.33. The van der Waals surface area contributed by atoms with Gasteiger partial charge in [0.15, 0.2) is 0 Å². The zero-order chi connectivity index (χ0) is 14.8. The second-order valence-electron chi connectivity index (χ2n) is 4.31. The highest BCUT2D eigenvalue weighted by molar-refractivity contribution is 7.18. The second-order valence-corrected chi connectivity index (χ2v) is 5.86. The number of thiazole rings is 1. The van der Waals surface area contributed by atoms with Crippen LogP contribution in [0.25, 0.3) is 10.2 Å². The second kappa shape index (κ2) is 5.71. The fourth-order valence-electron chi connectivity index (χ4n) is 1.86. The third kappa shape index (κ3) is 2.99. The number of phenols is 1. The maximum absolute atomic E-state index is 11.9. The average Bonchev–Trinajstić information content (AvgIpc) is 2.87. The molecule has 3 aromatic rings. The lowest BCUT2D eigenvalue weighted by Crippen LogP contribution is -2.05. The van der Waals surface area contributed by atoms with Gasteiger partial charge in [-0.2, -0.15) is 0 Å². The first kappa shape index (κ1) is 13.9. The highest BCUT2D eigenvalue weighted by Crippen LogP contribution is 2.25.